The molecule has 2 aromatic rings. The molecule has 0 aliphatic carbocycles. The number of nitrogens with zero attached hydrogens (tertiary/aromatic N) is 2. The lowest BCUT2D eigenvalue weighted by molar-refractivity contribution is 0.187. The van der Waals surface area contributed by atoms with Gasteiger partial charge in [-0.3, -0.25) is 9.67 Å². The highest BCUT2D eigenvalue weighted by molar-refractivity contribution is 7.71. The fourth-order valence-electron chi connectivity index (χ4n) is 1.76. The molecule has 0 aliphatic heterocycles. The first kappa shape index (κ1) is 14.0. The second kappa shape index (κ2) is 6.18. The maximum Gasteiger partial charge on any atom is 0.195 e. The van der Waals surface area contributed by atoms with E-state index in [0.29, 0.717) is 34.5 Å². The number of halogens is 1. The van der Waals surface area contributed by atoms with Crippen LogP contribution in [0.1, 0.15) is 0 Å². The summed E-state index contributed by atoms with van der Waals surface area (Å²) in [5.41, 5.74) is 0.829. The lowest BCUT2D eigenvalue weighted by Gasteiger charge is -2.10. The number of hydrogen-bond donors (Lipinski definition) is 1. The van der Waals surface area contributed by atoms with Gasteiger partial charge in [-0.1, -0.05) is 11.6 Å². The van der Waals surface area contributed by atoms with E-state index in [1.807, 2.05) is 10.6 Å². The highest BCUT2D eigenvalue weighted by Crippen LogP contribution is 2.31. The monoisotopic (exact) mass is 299 g/mol. The van der Waals surface area contributed by atoms with E-state index in [-0.39, 0.29) is 0 Å². The summed E-state index contributed by atoms with van der Waals surface area (Å²) in [4.78, 5) is 0. The standard InChI is InChI=1S/C12H14ClN3O2S/c1-17-6-5-16-11(14-15-12(16)19)9-4-3-8(13)7-10(9)18-2/h3-4,7H,5-6H2,1-2H3,(H,15,19). The number of nitrogens with one attached hydrogen (secondary N) is 1. The van der Waals surface area contributed by atoms with E-state index in [1.165, 1.54) is 0 Å². The Labute approximate surface area is 121 Å². The van der Waals surface area contributed by atoms with E-state index in [0.717, 1.165) is 5.56 Å². The average Bonchev–Trinajstić information content (AvgIpc) is 2.77. The molecule has 0 atom stereocenters. The zero-order valence-corrected chi connectivity index (χ0v) is 12.2. The lowest BCUT2D eigenvalue weighted by atomic mass is 10.2. The van der Waals surface area contributed by atoms with Crippen LogP contribution in [0.4, 0.5) is 0 Å². The molecule has 0 unspecified atom stereocenters. The van der Waals surface area contributed by atoms with E-state index < -0.39 is 0 Å². The summed E-state index contributed by atoms with van der Waals surface area (Å²) in [6.45, 7) is 1.17. The number of H-pyrrole nitrogens is 1. The highest BCUT2D eigenvalue weighted by Gasteiger charge is 2.13. The molecule has 1 aromatic heterocycles. The maximum absolute atomic E-state index is 5.96. The van der Waals surface area contributed by atoms with Crippen LogP contribution in [0.25, 0.3) is 11.4 Å². The lowest BCUT2D eigenvalue weighted by Crippen LogP contribution is -2.06. The Hall–Kier alpha value is -1.37. The summed E-state index contributed by atoms with van der Waals surface area (Å²) in [5.74, 6) is 1.36. The predicted molar refractivity (Wildman–Crippen MR) is 76.3 cm³/mol. The number of rotatable bonds is 5. The minimum Gasteiger partial charge on any atom is -0.496 e. The molecule has 0 aliphatic rings. The van der Waals surface area contributed by atoms with Crippen LogP contribution in [0.15, 0.2) is 18.2 Å². The minimum atomic E-state index is 0.545. The summed E-state index contributed by atoms with van der Waals surface area (Å²) in [7, 11) is 3.24. The molecule has 0 fully saturated rings. The third kappa shape index (κ3) is 2.97. The Kier molecular flexibility index (Phi) is 4.57. The molecule has 19 heavy (non-hydrogen) atoms. The van der Waals surface area contributed by atoms with Crippen molar-refractivity contribution < 1.29 is 9.47 Å². The van der Waals surface area contributed by atoms with Crippen molar-refractivity contribution in [3.63, 3.8) is 0 Å². The van der Waals surface area contributed by atoms with Crippen LogP contribution < -0.4 is 4.74 Å². The van der Waals surface area contributed by atoms with Crippen molar-refractivity contribution in [3.05, 3.63) is 28.0 Å². The van der Waals surface area contributed by atoms with Crippen LogP contribution in [0.5, 0.6) is 5.75 Å². The molecule has 0 saturated heterocycles. The second-order valence-electron chi connectivity index (χ2n) is 3.84. The molecular formula is C12H14ClN3O2S. The molecule has 5 nitrogen and oxygen atoms in total. The summed E-state index contributed by atoms with van der Waals surface area (Å²) < 4.78 is 12.8. The summed E-state index contributed by atoms with van der Waals surface area (Å²) in [5, 5.41) is 7.64. The Balaban J connectivity index is 2.50. The van der Waals surface area contributed by atoms with Crippen molar-refractivity contribution in [2.75, 3.05) is 20.8 Å². The number of aromatic amines is 1. The van der Waals surface area contributed by atoms with Crippen LogP contribution in [0, 0.1) is 4.77 Å². The van der Waals surface area contributed by atoms with Crippen molar-refractivity contribution >= 4 is 23.8 Å². The van der Waals surface area contributed by atoms with E-state index in [9.17, 15) is 0 Å². The van der Waals surface area contributed by atoms with Crippen molar-refractivity contribution in [1.29, 1.82) is 0 Å². The van der Waals surface area contributed by atoms with Gasteiger partial charge in [-0.05, 0) is 30.4 Å². The molecule has 7 heteroatoms. The highest BCUT2D eigenvalue weighted by atomic mass is 35.5. The smallest absolute Gasteiger partial charge is 0.195 e. The van der Waals surface area contributed by atoms with Gasteiger partial charge in [0.1, 0.15) is 5.75 Å². The number of methoxy groups -OCH3 is 2. The van der Waals surface area contributed by atoms with Crippen LogP contribution in [0.3, 0.4) is 0 Å². The van der Waals surface area contributed by atoms with Crippen molar-refractivity contribution in [1.82, 2.24) is 14.8 Å². The number of hydrogen-bond acceptors (Lipinski definition) is 4. The molecule has 0 bridgehead atoms. The van der Waals surface area contributed by atoms with Crippen LogP contribution in [-0.4, -0.2) is 35.6 Å². The Morgan fingerprint density at radius 2 is 2.21 bits per heavy atom. The molecule has 0 amide bonds. The number of benzene rings is 1. The van der Waals surface area contributed by atoms with Gasteiger partial charge < -0.3 is 9.47 Å². The zero-order chi connectivity index (χ0) is 13.8. The fraction of sp³-hybridized carbons (Fsp3) is 0.333. The number of ether oxygens (including phenoxy) is 2. The Morgan fingerprint density at radius 3 is 2.89 bits per heavy atom. The molecule has 2 rings (SSSR count). The summed E-state index contributed by atoms with van der Waals surface area (Å²) >= 11 is 11.2. The normalized spacial score (nSPS) is 10.7. The van der Waals surface area contributed by atoms with Gasteiger partial charge in [0, 0.05) is 12.1 Å². The van der Waals surface area contributed by atoms with E-state index >= 15 is 0 Å². The molecule has 0 saturated carbocycles. The molecule has 1 N–H and O–H groups in total. The minimum absolute atomic E-state index is 0.545. The molecule has 1 aromatic carbocycles. The van der Waals surface area contributed by atoms with Crippen molar-refractivity contribution in [2.45, 2.75) is 6.54 Å². The molecular weight excluding hydrogens is 286 g/mol. The third-order valence-corrected chi connectivity index (χ3v) is 3.23. The first-order valence-corrected chi connectivity index (χ1v) is 6.44. The van der Waals surface area contributed by atoms with Gasteiger partial charge in [-0.2, -0.15) is 5.10 Å². The molecule has 102 valence electrons. The largest absolute Gasteiger partial charge is 0.496 e. The average molecular weight is 300 g/mol. The SMILES string of the molecule is COCCn1c(-c2ccc(Cl)cc2OC)n[nH]c1=S. The van der Waals surface area contributed by atoms with Crippen molar-refractivity contribution in [3.8, 4) is 17.1 Å². The first-order chi connectivity index (χ1) is 9.17. The van der Waals surface area contributed by atoms with Crippen molar-refractivity contribution in [2.24, 2.45) is 0 Å². The summed E-state index contributed by atoms with van der Waals surface area (Å²) in [6, 6.07) is 5.39. The topological polar surface area (TPSA) is 52.1 Å². The predicted octanol–water partition coefficient (Wildman–Crippen LogP) is 2.92. The van der Waals surface area contributed by atoms with Crippen LogP contribution in [0.2, 0.25) is 5.02 Å². The van der Waals surface area contributed by atoms with Gasteiger partial charge in [-0.25, -0.2) is 0 Å². The van der Waals surface area contributed by atoms with E-state index in [1.54, 1.807) is 26.4 Å². The number of aromatic nitrogens is 3. The fourth-order valence-corrected chi connectivity index (χ4v) is 2.15. The second-order valence-corrected chi connectivity index (χ2v) is 4.66. The van der Waals surface area contributed by atoms with Gasteiger partial charge in [-0.15, -0.1) is 0 Å². The van der Waals surface area contributed by atoms with E-state index in [4.69, 9.17) is 33.3 Å². The van der Waals surface area contributed by atoms with Gasteiger partial charge in [0.25, 0.3) is 0 Å². The van der Waals surface area contributed by atoms with Gasteiger partial charge in [0.2, 0.25) is 0 Å². The Bertz CT molecular complexity index is 624. The maximum atomic E-state index is 5.96. The van der Waals surface area contributed by atoms with Crippen LogP contribution >= 0.6 is 23.8 Å². The van der Waals surface area contributed by atoms with Crippen LogP contribution in [-0.2, 0) is 11.3 Å². The van der Waals surface area contributed by atoms with E-state index in [2.05, 4.69) is 10.2 Å². The Morgan fingerprint density at radius 1 is 1.42 bits per heavy atom. The molecule has 0 spiro atoms. The third-order valence-electron chi connectivity index (χ3n) is 2.68. The summed E-state index contributed by atoms with van der Waals surface area (Å²) in [6.07, 6.45) is 0. The zero-order valence-electron chi connectivity index (χ0n) is 10.6. The van der Waals surface area contributed by atoms with Gasteiger partial charge in [0.15, 0.2) is 10.6 Å². The van der Waals surface area contributed by atoms with Gasteiger partial charge >= 0.3 is 0 Å². The molecule has 0 radical (unpaired) electrons. The molecule has 1 heterocycles. The quantitative estimate of drug-likeness (QED) is 0.863. The van der Waals surface area contributed by atoms with Gasteiger partial charge in [0.05, 0.1) is 25.8 Å². The first-order valence-electron chi connectivity index (χ1n) is 5.65.